The first-order chi connectivity index (χ1) is 12.0. The Balaban J connectivity index is 1.57. The third kappa shape index (κ3) is 4.90. The zero-order valence-corrected chi connectivity index (χ0v) is 14.0. The van der Waals surface area contributed by atoms with Crippen molar-refractivity contribution in [2.75, 3.05) is 5.32 Å². The van der Waals surface area contributed by atoms with Gasteiger partial charge < -0.3 is 10.6 Å². The molecule has 0 aliphatic heterocycles. The molecule has 2 amide bonds. The summed E-state index contributed by atoms with van der Waals surface area (Å²) in [5.41, 5.74) is 1.75. The predicted octanol–water partition coefficient (Wildman–Crippen LogP) is 4.02. The highest BCUT2D eigenvalue weighted by Gasteiger charge is 2.23. The molecule has 0 saturated heterocycles. The van der Waals surface area contributed by atoms with Gasteiger partial charge in [-0.1, -0.05) is 17.7 Å². The summed E-state index contributed by atoms with van der Waals surface area (Å²) in [7, 11) is 0. The lowest BCUT2D eigenvalue weighted by molar-refractivity contribution is -0.111. The van der Waals surface area contributed by atoms with Gasteiger partial charge in [0.2, 0.25) is 5.91 Å². The Bertz CT molecular complexity index is 830. The SMILES string of the molecule is O=C(C=Cc1ccc(F)c(Cl)c1)Nc1ccc(C(=O)NC2CC2)cc1. The first-order valence-corrected chi connectivity index (χ1v) is 8.24. The van der Waals surface area contributed by atoms with Gasteiger partial charge in [0, 0.05) is 23.4 Å². The minimum absolute atomic E-state index is 0.00243. The first-order valence-electron chi connectivity index (χ1n) is 7.86. The van der Waals surface area contributed by atoms with Crippen LogP contribution in [0.5, 0.6) is 0 Å². The van der Waals surface area contributed by atoms with Crippen molar-refractivity contribution in [2.24, 2.45) is 0 Å². The van der Waals surface area contributed by atoms with Crippen LogP contribution in [0.3, 0.4) is 0 Å². The topological polar surface area (TPSA) is 58.2 Å². The van der Waals surface area contributed by atoms with E-state index in [1.165, 1.54) is 30.4 Å². The van der Waals surface area contributed by atoms with E-state index >= 15 is 0 Å². The van der Waals surface area contributed by atoms with Crippen LogP contribution in [0.4, 0.5) is 10.1 Å². The summed E-state index contributed by atoms with van der Waals surface area (Å²) in [5.74, 6) is -0.946. The van der Waals surface area contributed by atoms with Gasteiger partial charge in [-0.05, 0) is 60.9 Å². The van der Waals surface area contributed by atoms with Crippen molar-refractivity contribution < 1.29 is 14.0 Å². The highest BCUT2D eigenvalue weighted by molar-refractivity contribution is 6.30. The number of benzene rings is 2. The molecule has 0 aromatic heterocycles. The average molecular weight is 359 g/mol. The molecule has 0 bridgehead atoms. The number of anilines is 1. The Morgan fingerprint density at radius 2 is 1.84 bits per heavy atom. The molecule has 2 N–H and O–H groups in total. The van der Waals surface area contributed by atoms with Crippen molar-refractivity contribution in [1.29, 1.82) is 0 Å². The fraction of sp³-hybridized carbons (Fsp3) is 0.158. The molecule has 2 aromatic rings. The second kappa shape index (κ2) is 7.49. The van der Waals surface area contributed by atoms with Gasteiger partial charge in [-0.25, -0.2) is 4.39 Å². The molecular weight excluding hydrogens is 343 g/mol. The van der Waals surface area contributed by atoms with Gasteiger partial charge in [-0.2, -0.15) is 0 Å². The molecular formula is C19H16ClFN2O2. The van der Waals surface area contributed by atoms with E-state index in [1.807, 2.05) is 0 Å². The minimum atomic E-state index is -0.505. The summed E-state index contributed by atoms with van der Waals surface area (Å²) in [6.07, 6.45) is 4.94. The predicted molar refractivity (Wildman–Crippen MR) is 96.0 cm³/mol. The number of carbonyl (C=O) groups is 2. The van der Waals surface area contributed by atoms with Crippen molar-refractivity contribution in [1.82, 2.24) is 5.32 Å². The summed E-state index contributed by atoms with van der Waals surface area (Å²) >= 11 is 5.69. The zero-order valence-electron chi connectivity index (χ0n) is 13.3. The molecule has 6 heteroatoms. The third-order valence-corrected chi connectivity index (χ3v) is 3.99. The van der Waals surface area contributed by atoms with Crippen molar-refractivity contribution >= 4 is 35.2 Å². The van der Waals surface area contributed by atoms with Crippen LogP contribution in [0, 0.1) is 5.82 Å². The number of carbonyl (C=O) groups excluding carboxylic acids is 2. The maximum Gasteiger partial charge on any atom is 0.251 e. The lowest BCUT2D eigenvalue weighted by atomic mass is 10.2. The number of hydrogen-bond acceptors (Lipinski definition) is 2. The molecule has 25 heavy (non-hydrogen) atoms. The van der Waals surface area contributed by atoms with Crippen LogP contribution in [0.2, 0.25) is 5.02 Å². The Kier molecular flexibility index (Phi) is 5.14. The van der Waals surface area contributed by atoms with Crippen LogP contribution in [-0.4, -0.2) is 17.9 Å². The molecule has 2 aromatic carbocycles. The molecule has 0 heterocycles. The molecule has 128 valence electrons. The second-order valence-electron chi connectivity index (χ2n) is 5.82. The van der Waals surface area contributed by atoms with Crippen LogP contribution >= 0.6 is 11.6 Å². The molecule has 3 rings (SSSR count). The Morgan fingerprint density at radius 1 is 1.12 bits per heavy atom. The van der Waals surface area contributed by atoms with Crippen molar-refractivity contribution in [3.63, 3.8) is 0 Å². The number of nitrogens with one attached hydrogen (secondary N) is 2. The molecule has 4 nitrogen and oxygen atoms in total. The molecule has 1 aliphatic carbocycles. The van der Waals surface area contributed by atoms with Crippen LogP contribution < -0.4 is 10.6 Å². The van der Waals surface area contributed by atoms with E-state index < -0.39 is 5.82 Å². The summed E-state index contributed by atoms with van der Waals surface area (Å²) in [6, 6.07) is 11.2. The Labute approximate surface area is 149 Å². The summed E-state index contributed by atoms with van der Waals surface area (Å²) in [6.45, 7) is 0. The fourth-order valence-corrected chi connectivity index (χ4v) is 2.36. The Morgan fingerprint density at radius 3 is 2.48 bits per heavy atom. The molecule has 1 saturated carbocycles. The number of rotatable bonds is 5. The maximum atomic E-state index is 13.1. The minimum Gasteiger partial charge on any atom is -0.349 e. The largest absolute Gasteiger partial charge is 0.349 e. The van der Waals surface area contributed by atoms with E-state index in [4.69, 9.17) is 11.6 Å². The Hall–Kier alpha value is -2.66. The van der Waals surface area contributed by atoms with E-state index in [0.29, 0.717) is 22.9 Å². The molecule has 1 aliphatic rings. The fourth-order valence-electron chi connectivity index (χ4n) is 2.17. The molecule has 0 radical (unpaired) electrons. The molecule has 0 atom stereocenters. The van der Waals surface area contributed by atoms with Crippen molar-refractivity contribution in [3.8, 4) is 0 Å². The third-order valence-electron chi connectivity index (χ3n) is 3.70. The highest BCUT2D eigenvalue weighted by atomic mass is 35.5. The maximum absolute atomic E-state index is 13.1. The van der Waals surface area contributed by atoms with Crippen molar-refractivity contribution in [2.45, 2.75) is 18.9 Å². The van der Waals surface area contributed by atoms with E-state index in [1.54, 1.807) is 24.3 Å². The van der Waals surface area contributed by atoms with Gasteiger partial charge in [0.15, 0.2) is 0 Å². The van der Waals surface area contributed by atoms with Gasteiger partial charge in [0.1, 0.15) is 5.82 Å². The van der Waals surface area contributed by atoms with Crippen LogP contribution in [0.15, 0.2) is 48.5 Å². The van der Waals surface area contributed by atoms with E-state index in [9.17, 15) is 14.0 Å². The molecule has 0 spiro atoms. The average Bonchev–Trinajstić information content (AvgIpc) is 3.40. The first kappa shape index (κ1) is 17.2. The lowest BCUT2D eigenvalue weighted by Gasteiger charge is -2.05. The van der Waals surface area contributed by atoms with Gasteiger partial charge in [-0.3, -0.25) is 9.59 Å². The number of halogens is 2. The van der Waals surface area contributed by atoms with Gasteiger partial charge in [0.25, 0.3) is 5.91 Å². The van der Waals surface area contributed by atoms with Gasteiger partial charge in [-0.15, -0.1) is 0 Å². The normalized spacial score (nSPS) is 13.7. The summed E-state index contributed by atoms with van der Waals surface area (Å²) in [4.78, 5) is 23.8. The van der Waals surface area contributed by atoms with Gasteiger partial charge >= 0.3 is 0 Å². The van der Waals surface area contributed by atoms with Crippen LogP contribution in [0.25, 0.3) is 6.08 Å². The smallest absolute Gasteiger partial charge is 0.251 e. The molecule has 0 unspecified atom stereocenters. The quantitative estimate of drug-likeness (QED) is 0.793. The number of hydrogen-bond donors (Lipinski definition) is 2. The van der Waals surface area contributed by atoms with Crippen molar-refractivity contribution in [3.05, 3.63) is 70.5 Å². The van der Waals surface area contributed by atoms with Crippen LogP contribution in [-0.2, 0) is 4.79 Å². The zero-order chi connectivity index (χ0) is 17.8. The van der Waals surface area contributed by atoms with E-state index in [2.05, 4.69) is 10.6 Å². The monoisotopic (exact) mass is 358 g/mol. The summed E-state index contributed by atoms with van der Waals surface area (Å²) in [5, 5.41) is 5.60. The highest BCUT2D eigenvalue weighted by Crippen LogP contribution is 2.20. The lowest BCUT2D eigenvalue weighted by Crippen LogP contribution is -2.25. The van der Waals surface area contributed by atoms with Gasteiger partial charge in [0.05, 0.1) is 5.02 Å². The number of amides is 2. The van der Waals surface area contributed by atoms with E-state index in [0.717, 1.165) is 12.8 Å². The standard InChI is InChI=1S/C19H16ClFN2O2/c20-16-11-12(1-9-17(16)21)2-10-18(24)22-14-5-3-13(4-6-14)19(25)23-15-7-8-15/h1-6,9-11,15H,7-8H2,(H,22,24)(H,23,25). The molecule has 1 fully saturated rings. The second-order valence-corrected chi connectivity index (χ2v) is 6.23. The van der Waals surface area contributed by atoms with E-state index in [-0.39, 0.29) is 16.8 Å². The summed E-state index contributed by atoms with van der Waals surface area (Å²) < 4.78 is 13.1. The van der Waals surface area contributed by atoms with Crippen LogP contribution in [0.1, 0.15) is 28.8 Å².